The molecule has 1 unspecified atom stereocenters. The Hall–Kier alpha value is -1.71. The lowest BCUT2D eigenvalue weighted by atomic mass is 9.94. The maximum Gasteiger partial charge on any atom is 0.250 e. The first kappa shape index (κ1) is 12.7. The summed E-state index contributed by atoms with van der Waals surface area (Å²) in [6.45, 7) is 4.12. The summed E-state index contributed by atoms with van der Waals surface area (Å²) in [6.07, 6.45) is 3.56. The zero-order valence-corrected chi connectivity index (χ0v) is 10.9. The fourth-order valence-electron chi connectivity index (χ4n) is 2.71. The smallest absolute Gasteiger partial charge is 0.250 e. The van der Waals surface area contributed by atoms with Crippen molar-refractivity contribution in [2.45, 2.75) is 26.2 Å². The van der Waals surface area contributed by atoms with Crippen LogP contribution in [0.25, 0.3) is 0 Å². The van der Waals surface area contributed by atoms with Crippen LogP contribution in [0.5, 0.6) is 0 Å². The Kier molecular flexibility index (Phi) is 3.75. The normalized spacial score (nSPS) is 19.8. The average molecular weight is 247 g/mol. The van der Waals surface area contributed by atoms with Crippen LogP contribution in [0.3, 0.4) is 0 Å². The van der Waals surface area contributed by atoms with E-state index in [9.17, 15) is 4.79 Å². The zero-order valence-electron chi connectivity index (χ0n) is 10.9. The molecule has 1 fully saturated rings. The highest BCUT2D eigenvalue weighted by Gasteiger charge is 2.23. The number of primary amides is 1. The molecule has 1 aliphatic heterocycles. The molecular formula is C14H21N3O. The molecule has 4 N–H and O–H groups in total. The minimum Gasteiger partial charge on any atom is -0.397 e. The van der Waals surface area contributed by atoms with Crippen molar-refractivity contribution in [3.63, 3.8) is 0 Å². The average Bonchev–Trinajstić information content (AvgIpc) is 2.38. The van der Waals surface area contributed by atoms with E-state index in [-0.39, 0.29) is 0 Å². The molecule has 1 heterocycles. The van der Waals surface area contributed by atoms with Crippen molar-refractivity contribution in [2.75, 3.05) is 23.7 Å². The third kappa shape index (κ3) is 2.42. The number of anilines is 2. The molecule has 1 aliphatic rings. The molecule has 0 radical (unpaired) electrons. The number of amides is 1. The Bertz CT molecular complexity index is 445. The fourth-order valence-corrected chi connectivity index (χ4v) is 2.71. The van der Waals surface area contributed by atoms with Gasteiger partial charge in [-0.3, -0.25) is 4.79 Å². The Morgan fingerprint density at radius 1 is 1.50 bits per heavy atom. The summed E-state index contributed by atoms with van der Waals surface area (Å²) >= 11 is 0. The number of hydrogen-bond donors (Lipinski definition) is 2. The Balaban J connectivity index is 2.34. The largest absolute Gasteiger partial charge is 0.397 e. The van der Waals surface area contributed by atoms with E-state index in [0.717, 1.165) is 31.6 Å². The van der Waals surface area contributed by atoms with E-state index < -0.39 is 5.91 Å². The molecule has 2 rings (SSSR count). The topological polar surface area (TPSA) is 72.3 Å². The Labute approximate surface area is 108 Å². The van der Waals surface area contributed by atoms with Gasteiger partial charge in [-0.15, -0.1) is 0 Å². The highest BCUT2D eigenvalue weighted by Crippen LogP contribution is 2.32. The molecule has 1 amide bonds. The molecular weight excluding hydrogens is 226 g/mol. The molecule has 4 heteroatoms. The minimum atomic E-state index is -0.407. The van der Waals surface area contributed by atoms with E-state index in [2.05, 4.69) is 11.8 Å². The second kappa shape index (κ2) is 5.29. The van der Waals surface area contributed by atoms with E-state index in [4.69, 9.17) is 11.5 Å². The van der Waals surface area contributed by atoms with Crippen molar-refractivity contribution < 1.29 is 4.79 Å². The van der Waals surface area contributed by atoms with Crippen LogP contribution in [0.15, 0.2) is 18.2 Å². The summed E-state index contributed by atoms with van der Waals surface area (Å²) in [5.74, 6) is 0.273. The number of carbonyl (C=O) groups excluding carboxylic acids is 1. The molecule has 1 atom stereocenters. The zero-order chi connectivity index (χ0) is 13.1. The van der Waals surface area contributed by atoms with Gasteiger partial charge in [0.25, 0.3) is 5.91 Å². The van der Waals surface area contributed by atoms with Gasteiger partial charge in [-0.2, -0.15) is 0 Å². The lowest BCUT2D eigenvalue weighted by molar-refractivity contribution is 0.100. The molecule has 0 saturated carbocycles. The number of nitrogen functional groups attached to an aromatic ring is 1. The third-order valence-corrected chi connectivity index (χ3v) is 3.75. The first-order valence-corrected chi connectivity index (χ1v) is 6.56. The maximum atomic E-state index is 11.5. The lowest BCUT2D eigenvalue weighted by Gasteiger charge is -2.35. The highest BCUT2D eigenvalue weighted by molar-refractivity contribution is 6.01. The van der Waals surface area contributed by atoms with E-state index in [0.29, 0.717) is 17.2 Å². The molecule has 98 valence electrons. The van der Waals surface area contributed by atoms with Crippen LogP contribution in [0, 0.1) is 5.92 Å². The second-order valence-electron chi connectivity index (χ2n) is 4.97. The summed E-state index contributed by atoms with van der Waals surface area (Å²) in [4.78, 5) is 13.7. The molecule has 1 saturated heterocycles. The standard InChI is InChI=1S/C14H21N3O/c1-2-10-5-4-8-17(9-10)13-11(14(16)18)6-3-7-12(13)15/h3,6-7,10H,2,4-5,8-9,15H2,1H3,(H2,16,18). The van der Waals surface area contributed by atoms with E-state index in [1.165, 1.54) is 6.42 Å². The first-order valence-electron chi connectivity index (χ1n) is 6.56. The van der Waals surface area contributed by atoms with Crippen LogP contribution < -0.4 is 16.4 Å². The van der Waals surface area contributed by atoms with Crippen molar-refractivity contribution in [2.24, 2.45) is 11.7 Å². The van der Waals surface area contributed by atoms with Gasteiger partial charge in [-0.05, 0) is 30.9 Å². The highest BCUT2D eigenvalue weighted by atomic mass is 16.1. The fraction of sp³-hybridized carbons (Fsp3) is 0.500. The minimum absolute atomic E-state index is 0.407. The number of rotatable bonds is 3. The Morgan fingerprint density at radius 3 is 2.94 bits per heavy atom. The van der Waals surface area contributed by atoms with Gasteiger partial charge in [0.05, 0.1) is 16.9 Å². The van der Waals surface area contributed by atoms with Crippen molar-refractivity contribution >= 4 is 17.3 Å². The van der Waals surface area contributed by atoms with Crippen LogP contribution in [0.1, 0.15) is 36.5 Å². The van der Waals surface area contributed by atoms with Gasteiger partial charge in [0, 0.05) is 13.1 Å². The van der Waals surface area contributed by atoms with Crippen molar-refractivity contribution in [3.05, 3.63) is 23.8 Å². The molecule has 0 aromatic heterocycles. The summed E-state index contributed by atoms with van der Waals surface area (Å²) in [7, 11) is 0. The van der Waals surface area contributed by atoms with Gasteiger partial charge >= 0.3 is 0 Å². The van der Waals surface area contributed by atoms with Gasteiger partial charge < -0.3 is 16.4 Å². The quantitative estimate of drug-likeness (QED) is 0.802. The first-order chi connectivity index (χ1) is 8.63. The van der Waals surface area contributed by atoms with E-state index >= 15 is 0 Å². The van der Waals surface area contributed by atoms with Crippen LogP contribution in [0.2, 0.25) is 0 Å². The summed E-state index contributed by atoms with van der Waals surface area (Å²) in [5, 5.41) is 0. The third-order valence-electron chi connectivity index (χ3n) is 3.75. The van der Waals surface area contributed by atoms with Crippen LogP contribution in [-0.2, 0) is 0 Å². The van der Waals surface area contributed by atoms with Gasteiger partial charge in [-0.1, -0.05) is 19.4 Å². The van der Waals surface area contributed by atoms with Crippen LogP contribution in [-0.4, -0.2) is 19.0 Å². The second-order valence-corrected chi connectivity index (χ2v) is 4.97. The maximum absolute atomic E-state index is 11.5. The van der Waals surface area contributed by atoms with E-state index in [1.54, 1.807) is 12.1 Å². The van der Waals surface area contributed by atoms with Gasteiger partial charge in [-0.25, -0.2) is 0 Å². The predicted octanol–water partition coefficient (Wildman–Crippen LogP) is 1.99. The molecule has 0 aliphatic carbocycles. The summed E-state index contributed by atoms with van der Waals surface area (Å²) < 4.78 is 0. The van der Waals surface area contributed by atoms with Crippen LogP contribution >= 0.6 is 0 Å². The van der Waals surface area contributed by atoms with Gasteiger partial charge in [0.15, 0.2) is 0 Å². The van der Waals surface area contributed by atoms with E-state index in [1.807, 2.05) is 6.07 Å². The number of benzene rings is 1. The summed E-state index contributed by atoms with van der Waals surface area (Å²) in [5.41, 5.74) is 13.5. The Morgan fingerprint density at radius 2 is 2.28 bits per heavy atom. The SMILES string of the molecule is CCC1CCCN(c2c(N)cccc2C(N)=O)C1. The number of hydrogen-bond acceptors (Lipinski definition) is 3. The molecule has 4 nitrogen and oxygen atoms in total. The molecule has 1 aromatic rings. The number of nitrogens with two attached hydrogens (primary N) is 2. The van der Waals surface area contributed by atoms with Gasteiger partial charge in [0.2, 0.25) is 0 Å². The lowest BCUT2D eigenvalue weighted by Crippen LogP contribution is -2.37. The molecule has 0 bridgehead atoms. The van der Waals surface area contributed by atoms with Crippen molar-refractivity contribution in [1.82, 2.24) is 0 Å². The molecule has 0 spiro atoms. The monoisotopic (exact) mass is 247 g/mol. The van der Waals surface area contributed by atoms with Crippen molar-refractivity contribution in [1.29, 1.82) is 0 Å². The molecule has 1 aromatic carbocycles. The van der Waals surface area contributed by atoms with Gasteiger partial charge in [0.1, 0.15) is 0 Å². The number of piperidine rings is 1. The predicted molar refractivity (Wildman–Crippen MR) is 74.6 cm³/mol. The number of carbonyl (C=O) groups is 1. The van der Waals surface area contributed by atoms with Crippen LogP contribution in [0.4, 0.5) is 11.4 Å². The van der Waals surface area contributed by atoms with Crippen molar-refractivity contribution in [3.8, 4) is 0 Å². The number of para-hydroxylation sites is 1. The number of nitrogens with zero attached hydrogens (tertiary/aromatic N) is 1. The summed E-state index contributed by atoms with van der Waals surface area (Å²) in [6, 6.07) is 5.36. The molecule has 18 heavy (non-hydrogen) atoms.